The number of likely N-dealkylation sites (tertiary alicyclic amines) is 1. The first kappa shape index (κ1) is 12.3. The zero-order valence-electron chi connectivity index (χ0n) is 9.20. The van der Waals surface area contributed by atoms with Gasteiger partial charge >= 0.3 is 0 Å². The Balaban J connectivity index is 2.16. The van der Waals surface area contributed by atoms with E-state index in [4.69, 9.17) is 11.6 Å². The van der Waals surface area contributed by atoms with Crippen LogP contribution in [0.1, 0.15) is 23.2 Å². The molecule has 0 spiro atoms. The van der Waals surface area contributed by atoms with Crippen LogP contribution in [-0.2, 0) is 0 Å². The van der Waals surface area contributed by atoms with Crippen molar-refractivity contribution in [3.05, 3.63) is 34.6 Å². The van der Waals surface area contributed by atoms with Gasteiger partial charge in [-0.15, -0.1) is 0 Å². The lowest BCUT2D eigenvalue weighted by Gasteiger charge is -2.29. The maximum absolute atomic E-state index is 13.5. The fourth-order valence-corrected chi connectivity index (χ4v) is 2.07. The summed E-state index contributed by atoms with van der Waals surface area (Å²) in [5.41, 5.74) is -0.00566. The molecule has 0 radical (unpaired) electrons. The fourth-order valence-electron chi connectivity index (χ4n) is 1.90. The van der Waals surface area contributed by atoms with E-state index in [0.29, 0.717) is 31.0 Å². The number of carbonyl (C=O) groups excluding carboxylic acids is 1. The van der Waals surface area contributed by atoms with Gasteiger partial charge in [-0.2, -0.15) is 0 Å². The van der Waals surface area contributed by atoms with Crippen LogP contribution < -0.4 is 0 Å². The molecule has 1 amide bonds. The van der Waals surface area contributed by atoms with Crippen molar-refractivity contribution in [1.29, 1.82) is 0 Å². The van der Waals surface area contributed by atoms with Crippen molar-refractivity contribution in [3.8, 4) is 0 Å². The summed E-state index contributed by atoms with van der Waals surface area (Å²) < 4.78 is 13.5. The van der Waals surface area contributed by atoms with Crippen molar-refractivity contribution in [2.45, 2.75) is 18.9 Å². The van der Waals surface area contributed by atoms with Gasteiger partial charge < -0.3 is 10.0 Å². The van der Waals surface area contributed by atoms with Crippen molar-refractivity contribution in [2.24, 2.45) is 0 Å². The molecule has 1 fully saturated rings. The maximum Gasteiger partial charge on any atom is 0.256 e. The predicted molar refractivity (Wildman–Crippen MR) is 62.6 cm³/mol. The van der Waals surface area contributed by atoms with Crippen LogP contribution in [-0.4, -0.2) is 35.1 Å². The molecule has 2 rings (SSSR count). The first-order valence-electron chi connectivity index (χ1n) is 5.50. The van der Waals surface area contributed by atoms with E-state index in [-0.39, 0.29) is 17.6 Å². The second-order valence-electron chi connectivity index (χ2n) is 4.15. The number of piperidine rings is 1. The van der Waals surface area contributed by atoms with Crippen LogP contribution in [0.25, 0.3) is 0 Å². The number of hydrogen-bond acceptors (Lipinski definition) is 2. The summed E-state index contributed by atoms with van der Waals surface area (Å²) in [6.45, 7) is 0.901. The molecular formula is C12H13ClFNO2. The summed E-state index contributed by atoms with van der Waals surface area (Å²) in [6.07, 6.45) is 0.713. The Labute approximate surface area is 104 Å². The normalized spacial score (nSPS) is 17.2. The lowest BCUT2D eigenvalue weighted by molar-refractivity contribution is 0.0543. The van der Waals surface area contributed by atoms with Gasteiger partial charge in [-0.25, -0.2) is 4.39 Å². The number of aliphatic hydroxyl groups is 1. The van der Waals surface area contributed by atoms with E-state index in [0.717, 1.165) is 0 Å². The van der Waals surface area contributed by atoms with Gasteiger partial charge in [0.15, 0.2) is 0 Å². The summed E-state index contributed by atoms with van der Waals surface area (Å²) in [5, 5.41) is 9.68. The number of aliphatic hydroxyl groups excluding tert-OH is 1. The van der Waals surface area contributed by atoms with Crippen LogP contribution in [0.4, 0.5) is 4.39 Å². The summed E-state index contributed by atoms with van der Waals surface area (Å²) >= 11 is 5.75. The average Bonchev–Trinajstić information content (AvgIpc) is 2.32. The van der Waals surface area contributed by atoms with Crippen LogP contribution in [0.2, 0.25) is 5.02 Å². The third kappa shape index (κ3) is 2.76. The van der Waals surface area contributed by atoms with E-state index in [1.54, 1.807) is 4.90 Å². The second kappa shape index (κ2) is 5.02. The Morgan fingerprint density at radius 2 is 2.06 bits per heavy atom. The van der Waals surface area contributed by atoms with Gasteiger partial charge in [0.2, 0.25) is 0 Å². The van der Waals surface area contributed by atoms with Gasteiger partial charge in [0.25, 0.3) is 5.91 Å². The van der Waals surface area contributed by atoms with E-state index in [9.17, 15) is 14.3 Å². The number of carbonyl (C=O) groups is 1. The van der Waals surface area contributed by atoms with Gasteiger partial charge in [-0.05, 0) is 31.0 Å². The minimum atomic E-state index is -0.564. The number of benzene rings is 1. The van der Waals surface area contributed by atoms with Crippen molar-refractivity contribution < 1.29 is 14.3 Å². The summed E-state index contributed by atoms with van der Waals surface area (Å²) in [6, 6.07) is 3.94. The molecule has 1 aliphatic rings. The Morgan fingerprint density at radius 3 is 2.71 bits per heavy atom. The molecule has 0 aromatic heterocycles. The third-order valence-corrected chi connectivity index (χ3v) is 3.15. The van der Waals surface area contributed by atoms with Crippen molar-refractivity contribution in [3.63, 3.8) is 0 Å². The van der Waals surface area contributed by atoms with Gasteiger partial charge in [-0.3, -0.25) is 4.79 Å². The zero-order chi connectivity index (χ0) is 12.4. The first-order chi connectivity index (χ1) is 8.08. The SMILES string of the molecule is O=C(c1cc(Cl)ccc1F)N1CCC(O)CC1. The molecule has 1 aromatic carbocycles. The Kier molecular flexibility index (Phi) is 3.64. The molecule has 1 N–H and O–H groups in total. The molecule has 17 heavy (non-hydrogen) atoms. The average molecular weight is 258 g/mol. The van der Waals surface area contributed by atoms with Crippen LogP contribution in [0.15, 0.2) is 18.2 Å². The third-order valence-electron chi connectivity index (χ3n) is 2.91. The Hall–Kier alpha value is -1.13. The lowest BCUT2D eigenvalue weighted by atomic mass is 10.1. The zero-order valence-corrected chi connectivity index (χ0v) is 9.95. The minimum Gasteiger partial charge on any atom is -0.393 e. The first-order valence-corrected chi connectivity index (χ1v) is 5.88. The van der Waals surface area contributed by atoms with Crippen molar-refractivity contribution in [2.75, 3.05) is 13.1 Å². The highest BCUT2D eigenvalue weighted by Crippen LogP contribution is 2.19. The smallest absolute Gasteiger partial charge is 0.256 e. The van der Waals surface area contributed by atoms with Gasteiger partial charge in [0.1, 0.15) is 5.82 Å². The molecule has 1 saturated heterocycles. The van der Waals surface area contributed by atoms with E-state index in [1.165, 1.54) is 18.2 Å². The summed E-state index contributed by atoms with van der Waals surface area (Å²) in [7, 11) is 0. The Morgan fingerprint density at radius 1 is 1.41 bits per heavy atom. The number of rotatable bonds is 1. The Bertz CT molecular complexity index is 431. The molecule has 0 aliphatic carbocycles. The number of halogens is 2. The van der Waals surface area contributed by atoms with Crippen LogP contribution in [0, 0.1) is 5.82 Å². The molecule has 5 heteroatoms. The number of nitrogens with zero attached hydrogens (tertiary/aromatic N) is 1. The van der Waals surface area contributed by atoms with Crippen molar-refractivity contribution in [1.82, 2.24) is 4.90 Å². The monoisotopic (exact) mass is 257 g/mol. The lowest BCUT2D eigenvalue weighted by Crippen LogP contribution is -2.40. The number of amides is 1. The van der Waals surface area contributed by atoms with Crippen LogP contribution in [0.5, 0.6) is 0 Å². The maximum atomic E-state index is 13.5. The quantitative estimate of drug-likeness (QED) is 0.837. The summed E-state index contributed by atoms with van der Waals surface area (Å²) in [5.74, 6) is -0.928. The van der Waals surface area contributed by atoms with Crippen LogP contribution >= 0.6 is 11.6 Å². The molecule has 1 aliphatic heterocycles. The summed E-state index contributed by atoms with van der Waals surface area (Å²) in [4.78, 5) is 13.6. The molecule has 0 saturated carbocycles. The number of hydrogen-bond donors (Lipinski definition) is 1. The van der Waals surface area contributed by atoms with Crippen LogP contribution in [0.3, 0.4) is 0 Å². The molecule has 92 valence electrons. The molecule has 0 atom stereocenters. The topological polar surface area (TPSA) is 40.5 Å². The minimum absolute atomic E-state index is 0.00566. The largest absolute Gasteiger partial charge is 0.393 e. The van der Waals surface area contributed by atoms with E-state index in [1.807, 2.05) is 0 Å². The van der Waals surface area contributed by atoms with E-state index < -0.39 is 5.82 Å². The van der Waals surface area contributed by atoms with Crippen molar-refractivity contribution >= 4 is 17.5 Å². The highest BCUT2D eigenvalue weighted by molar-refractivity contribution is 6.31. The fraction of sp³-hybridized carbons (Fsp3) is 0.417. The second-order valence-corrected chi connectivity index (χ2v) is 4.58. The van der Waals surface area contributed by atoms with E-state index in [2.05, 4.69) is 0 Å². The molecule has 0 bridgehead atoms. The molecular weight excluding hydrogens is 245 g/mol. The standard InChI is InChI=1S/C12H13ClFNO2/c13-8-1-2-11(14)10(7-8)12(17)15-5-3-9(16)4-6-15/h1-2,7,9,16H,3-6H2. The highest BCUT2D eigenvalue weighted by atomic mass is 35.5. The predicted octanol–water partition coefficient (Wildman–Crippen LogP) is 2.08. The highest BCUT2D eigenvalue weighted by Gasteiger charge is 2.24. The van der Waals surface area contributed by atoms with E-state index >= 15 is 0 Å². The van der Waals surface area contributed by atoms with Gasteiger partial charge in [-0.1, -0.05) is 11.6 Å². The van der Waals surface area contributed by atoms with Gasteiger partial charge in [0, 0.05) is 18.1 Å². The molecule has 1 aromatic rings. The van der Waals surface area contributed by atoms with Gasteiger partial charge in [0.05, 0.1) is 11.7 Å². The molecule has 1 heterocycles. The molecule has 0 unspecified atom stereocenters. The molecule has 3 nitrogen and oxygen atoms in total.